The molecule has 3 rings (SSSR count). The molecule has 1 atom stereocenters. The Hall–Kier alpha value is -2.76. The fourth-order valence-corrected chi connectivity index (χ4v) is 4.16. The number of alkyl halides is 3. The molecule has 2 aromatic rings. The fraction of sp³-hybridized carbons (Fsp3) is 0.474. The average molecular weight is 461 g/mol. The smallest absolute Gasteiger partial charge is 0.419 e. The Morgan fingerprint density at radius 2 is 2.03 bits per heavy atom. The van der Waals surface area contributed by atoms with E-state index in [1.807, 2.05) is 4.72 Å². The van der Waals surface area contributed by atoms with Crippen molar-refractivity contribution in [3.8, 4) is 5.75 Å². The Bertz CT molecular complexity index is 1070. The molecule has 1 aromatic heterocycles. The van der Waals surface area contributed by atoms with Crippen LogP contribution in [0.4, 0.5) is 23.7 Å². The largest absolute Gasteiger partial charge is 0.491 e. The Kier molecular flexibility index (Phi) is 5.96. The number of carbonyl (C=O) groups excluding carboxylic acids is 1. The number of para-hydroxylation sites is 1. The molecule has 0 aliphatic carbocycles. The van der Waals surface area contributed by atoms with Gasteiger partial charge >= 0.3 is 12.3 Å². The molecule has 1 aliphatic heterocycles. The third-order valence-corrected chi connectivity index (χ3v) is 5.50. The lowest BCUT2D eigenvalue weighted by atomic mass is 9.90. The van der Waals surface area contributed by atoms with Gasteiger partial charge in [-0.15, -0.1) is 0 Å². The van der Waals surface area contributed by atoms with Crippen molar-refractivity contribution in [2.45, 2.75) is 44.9 Å². The summed E-state index contributed by atoms with van der Waals surface area (Å²) in [5.74, 6) is -2.22. The van der Waals surface area contributed by atoms with Crippen molar-refractivity contribution in [1.29, 1.82) is 0 Å². The van der Waals surface area contributed by atoms with Crippen LogP contribution in [0.5, 0.6) is 5.75 Å². The molecular weight excluding hydrogens is 439 g/mol. The van der Waals surface area contributed by atoms with Gasteiger partial charge in [0, 0.05) is 17.7 Å². The number of sulfonamides is 1. The van der Waals surface area contributed by atoms with E-state index in [4.69, 9.17) is 9.47 Å². The number of ether oxygens (including phenoxy) is 2. The molecule has 0 amide bonds. The number of anilines is 1. The van der Waals surface area contributed by atoms with Crippen molar-refractivity contribution in [2.24, 2.45) is 0 Å². The first-order valence-electron chi connectivity index (χ1n) is 9.34. The summed E-state index contributed by atoms with van der Waals surface area (Å²) in [4.78, 5) is 16.5. The van der Waals surface area contributed by atoms with Gasteiger partial charge in [0.1, 0.15) is 17.7 Å². The lowest BCUT2D eigenvalue weighted by Crippen LogP contribution is -2.28. The summed E-state index contributed by atoms with van der Waals surface area (Å²) in [6.07, 6.45) is -2.18. The Labute approximate surface area is 177 Å². The number of aromatic nitrogens is 2. The summed E-state index contributed by atoms with van der Waals surface area (Å²) in [7, 11) is -4.67. The number of rotatable bonds is 4. The minimum atomic E-state index is -4.88. The number of carbonyl (C=O) groups is 1. The van der Waals surface area contributed by atoms with Gasteiger partial charge in [0.05, 0.1) is 18.0 Å². The van der Waals surface area contributed by atoms with Crippen LogP contribution in [-0.4, -0.2) is 48.2 Å². The average Bonchev–Trinajstić information content (AvgIpc) is 3.07. The minimum Gasteiger partial charge on any atom is -0.491 e. The molecule has 12 heteroatoms. The first-order valence-corrected chi connectivity index (χ1v) is 11.0. The predicted molar refractivity (Wildman–Crippen MR) is 106 cm³/mol. The van der Waals surface area contributed by atoms with Gasteiger partial charge in [0.25, 0.3) is 0 Å². The second-order valence-electron chi connectivity index (χ2n) is 8.08. The number of benzene rings is 1. The van der Waals surface area contributed by atoms with Gasteiger partial charge in [-0.2, -0.15) is 13.2 Å². The second-order valence-corrected chi connectivity index (χ2v) is 9.80. The van der Waals surface area contributed by atoms with Crippen LogP contribution in [0.3, 0.4) is 0 Å². The van der Waals surface area contributed by atoms with Crippen LogP contribution >= 0.6 is 0 Å². The minimum absolute atomic E-state index is 0.0852. The van der Waals surface area contributed by atoms with Crippen molar-refractivity contribution >= 4 is 21.8 Å². The van der Waals surface area contributed by atoms with Crippen LogP contribution in [0.15, 0.2) is 30.7 Å². The molecule has 2 heterocycles. The van der Waals surface area contributed by atoms with Crippen LogP contribution in [-0.2, 0) is 14.8 Å². The zero-order valence-electron chi connectivity index (χ0n) is 17.1. The number of halogens is 3. The molecule has 31 heavy (non-hydrogen) atoms. The van der Waals surface area contributed by atoms with Crippen LogP contribution in [0.2, 0.25) is 0 Å². The number of imidazole rings is 1. The maximum atomic E-state index is 12.5. The molecule has 1 aliphatic rings. The molecule has 1 N–H and O–H groups in total. The SMILES string of the molecule is CC(C)(C)OC(=O)n1cnc(C2CCOc3c(NS(=O)(=O)CC(F)(F)F)cccc32)c1. The first kappa shape index (κ1) is 22.9. The van der Waals surface area contributed by atoms with E-state index in [0.717, 1.165) is 0 Å². The summed E-state index contributed by atoms with van der Waals surface area (Å²) < 4.78 is 75.4. The van der Waals surface area contributed by atoms with Gasteiger partial charge in [0.15, 0.2) is 5.75 Å². The summed E-state index contributed by atoms with van der Waals surface area (Å²) in [5, 5.41) is 0. The number of hydrogen-bond acceptors (Lipinski definition) is 6. The van der Waals surface area contributed by atoms with E-state index >= 15 is 0 Å². The lowest BCUT2D eigenvalue weighted by molar-refractivity contribution is -0.106. The van der Waals surface area contributed by atoms with E-state index in [9.17, 15) is 26.4 Å². The molecule has 8 nitrogen and oxygen atoms in total. The van der Waals surface area contributed by atoms with Gasteiger partial charge in [0.2, 0.25) is 10.0 Å². The summed E-state index contributed by atoms with van der Waals surface area (Å²) in [5.41, 5.74) is 0.298. The number of hydrogen-bond donors (Lipinski definition) is 1. The van der Waals surface area contributed by atoms with Crippen molar-refractivity contribution in [3.05, 3.63) is 42.0 Å². The first-order chi connectivity index (χ1) is 14.2. The van der Waals surface area contributed by atoms with Gasteiger partial charge in [-0.05, 0) is 33.3 Å². The molecule has 1 unspecified atom stereocenters. The van der Waals surface area contributed by atoms with E-state index in [0.29, 0.717) is 17.7 Å². The van der Waals surface area contributed by atoms with Gasteiger partial charge in [-0.3, -0.25) is 4.72 Å². The van der Waals surface area contributed by atoms with Crippen molar-refractivity contribution in [1.82, 2.24) is 9.55 Å². The molecule has 0 spiro atoms. The Morgan fingerprint density at radius 1 is 1.32 bits per heavy atom. The molecule has 0 bridgehead atoms. The van der Waals surface area contributed by atoms with Crippen LogP contribution in [0.1, 0.15) is 44.4 Å². The third-order valence-electron chi connectivity index (χ3n) is 4.26. The second kappa shape index (κ2) is 8.06. The van der Waals surface area contributed by atoms with Crippen LogP contribution in [0.25, 0.3) is 0 Å². The highest BCUT2D eigenvalue weighted by molar-refractivity contribution is 7.92. The number of nitrogens with zero attached hydrogens (tertiary/aromatic N) is 2. The summed E-state index contributed by atoms with van der Waals surface area (Å²) in [6, 6.07) is 4.51. The standard InChI is InChI=1S/C19H22F3N3O5S/c1-18(2,3)30-17(26)25-9-15(23-11-25)12-7-8-29-16-13(12)5-4-6-14(16)24-31(27,28)10-19(20,21)22/h4-6,9,11-12,24H,7-8,10H2,1-3H3. The molecule has 170 valence electrons. The lowest BCUT2D eigenvalue weighted by Gasteiger charge is -2.27. The fourth-order valence-electron chi connectivity index (χ4n) is 3.16. The topological polar surface area (TPSA) is 99.5 Å². The Balaban J connectivity index is 1.88. The molecule has 0 saturated heterocycles. The van der Waals surface area contributed by atoms with Crippen LogP contribution in [0, 0.1) is 0 Å². The highest BCUT2D eigenvalue weighted by Crippen LogP contribution is 2.42. The predicted octanol–water partition coefficient (Wildman–Crippen LogP) is 3.88. The summed E-state index contributed by atoms with van der Waals surface area (Å²) in [6.45, 7) is 5.39. The quantitative estimate of drug-likeness (QED) is 0.742. The van der Waals surface area contributed by atoms with E-state index in [1.54, 1.807) is 26.8 Å². The zero-order chi connectivity index (χ0) is 23.0. The molecular formula is C19H22F3N3O5S. The van der Waals surface area contributed by atoms with E-state index in [2.05, 4.69) is 4.98 Å². The van der Waals surface area contributed by atoms with Crippen molar-refractivity contribution < 1.29 is 35.9 Å². The van der Waals surface area contributed by atoms with Crippen LogP contribution < -0.4 is 9.46 Å². The number of nitrogens with one attached hydrogen (secondary N) is 1. The molecule has 0 radical (unpaired) electrons. The van der Waals surface area contributed by atoms with Crippen molar-refractivity contribution in [2.75, 3.05) is 17.1 Å². The zero-order valence-corrected chi connectivity index (χ0v) is 17.9. The van der Waals surface area contributed by atoms with E-state index in [-0.39, 0.29) is 24.0 Å². The maximum Gasteiger partial charge on any atom is 0.419 e. The maximum absolute atomic E-state index is 12.5. The highest BCUT2D eigenvalue weighted by Gasteiger charge is 2.36. The number of fused-ring (bicyclic) bond motifs is 1. The normalized spacial score (nSPS) is 16.9. The van der Waals surface area contributed by atoms with Gasteiger partial charge in [-0.1, -0.05) is 12.1 Å². The third kappa shape index (κ3) is 5.90. The molecule has 1 aromatic carbocycles. The monoisotopic (exact) mass is 461 g/mol. The Morgan fingerprint density at radius 3 is 2.68 bits per heavy atom. The molecule has 0 saturated carbocycles. The van der Waals surface area contributed by atoms with Gasteiger partial charge in [-0.25, -0.2) is 22.8 Å². The molecule has 0 fully saturated rings. The van der Waals surface area contributed by atoms with E-state index < -0.39 is 33.6 Å². The van der Waals surface area contributed by atoms with Gasteiger partial charge < -0.3 is 9.47 Å². The van der Waals surface area contributed by atoms with E-state index in [1.165, 1.54) is 29.2 Å². The highest BCUT2D eigenvalue weighted by atomic mass is 32.2. The van der Waals surface area contributed by atoms with Crippen molar-refractivity contribution in [3.63, 3.8) is 0 Å². The summed E-state index contributed by atoms with van der Waals surface area (Å²) >= 11 is 0.